The molecule has 0 bridgehead atoms. The molecule has 2 aromatic rings. The van der Waals surface area contributed by atoms with Crippen LogP contribution >= 0.6 is 35.6 Å². The van der Waals surface area contributed by atoms with Crippen LogP contribution < -0.4 is 15.4 Å². The summed E-state index contributed by atoms with van der Waals surface area (Å²) in [6, 6.07) is 12.9. The number of ether oxygens (including phenoxy) is 1. The molecule has 26 heavy (non-hydrogen) atoms. The van der Waals surface area contributed by atoms with Gasteiger partial charge in [-0.15, -0.1) is 24.0 Å². The topological polar surface area (TPSA) is 65.9 Å². The molecule has 2 aromatic carbocycles. The monoisotopic (exact) mass is 489 g/mol. The van der Waals surface area contributed by atoms with Crippen molar-refractivity contribution in [3.8, 4) is 11.5 Å². The fourth-order valence-electron chi connectivity index (χ4n) is 2.36. The Hall–Kier alpha value is -1.67. The van der Waals surface area contributed by atoms with E-state index in [-0.39, 0.29) is 35.8 Å². The summed E-state index contributed by atoms with van der Waals surface area (Å²) >= 11 is 6.06. The first-order valence-electron chi connectivity index (χ1n) is 8.19. The molecule has 142 valence electrons. The van der Waals surface area contributed by atoms with Gasteiger partial charge >= 0.3 is 0 Å². The fraction of sp³-hybridized carbons (Fsp3) is 0.316. The lowest BCUT2D eigenvalue weighted by Crippen LogP contribution is -2.38. The summed E-state index contributed by atoms with van der Waals surface area (Å²) in [4.78, 5) is 4.55. The molecule has 5 nitrogen and oxygen atoms in total. The number of phenolic OH excluding ortho intramolecular Hbond substituents is 1. The number of nitrogens with one attached hydrogen (secondary N) is 2. The van der Waals surface area contributed by atoms with Gasteiger partial charge in [0.1, 0.15) is 11.5 Å². The quantitative estimate of drug-likeness (QED) is 0.318. The number of methoxy groups -OCH3 is 1. The Morgan fingerprint density at radius 3 is 2.69 bits per heavy atom. The minimum absolute atomic E-state index is 0. The van der Waals surface area contributed by atoms with E-state index in [1.165, 1.54) is 0 Å². The number of halogens is 2. The zero-order chi connectivity index (χ0) is 18.2. The summed E-state index contributed by atoms with van der Waals surface area (Å²) in [6.07, 6.45) is 0. The molecule has 0 saturated heterocycles. The molecule has 0 aliphatic heterocycles. The first-order valence-corrected chi connectivity index (χ1v) is 8.57. The van der Waals surface area contributed by atoms with Crippen molar-refractivity contribution >= 4 is 41.5 Å². The van der Waals surface area contributed by atoms with Gasteiger partial charge in [0, 0.05) is 17.1 Å². The van der Waals surface area contributed by atoms with Gasteiger partial charge in [0.15, 0.2) is 5.96 Å². The number of aromatic hydroxyl groups is 1. The number of aliphatic imine (C=N–C) groups is 1. The largest absolute Gasteiger partial charge is 0.508 e. The second-order valence-electron chi connectivity index (χ2n) is 5.61. The number of nitrogens with zero attached hydrogens (tertiary/aromatic N) is 1. The third kappa shape index (κ3) is 6.57. The van der Waals surface area contributed by atoms with Crippen LogP contribution in [0.1, 0.15) is 31.0 Å². The van der Waals surface area contributed by atoms with Crippen LogP contribution in [-0.4, -0.2) is 24.7 Å². The lowest BCUT2D eigenvalue weighted by molar-refractivity contribution is 0.411. The highest BCUT2D eigenvalue weighted by Gasteiger charge is 2.09. The average molecular weight is 490 g/mol. The SMILES string of the molecule is CCNC(=NCc1cc(OC)ccc1O)NC(C)c1cccc(Cl)c1.I. The normalized spacial score (nSPS) is 12.1. The van der Waals surface area contributed by atoms with Crippen LogP contribution in [0.5, 0.6) is 11.5 Å². The number of guanidine groups is 1. The van der Waals surface area contributed by atoms with Gasteiger partial charge in [-0.2, -0.15) is 0 Å². The van der Waals surface area contributed by atoms with Crippen molar-refractivity contribution in [3.05, 3.63) is 58.6 Å². The number of hydrogen-bond donors (Lipinski definition) is 3. The Morgan fingerprint density at radius 1 is 1.27 bits per heavy atom. The number of hydrogen-bond acceptors (Lipinski definition) is 3. The Balaban J connectivity index is 0.00000338. The van der Waals surface area contributed by atoms with Gasteiger partial charge in [-0.25, -0.2) is 4.99 Å². The Labute approximate surface area is 176 Å². The molecule has 2 rings (SSSR count). The van der Waals surface area contributed by atoms with Crippen LogP contribution in [0.4, 0.5) is 0 Å². The average Bonchev–Trinajstić information content (AvgIpc) is 2.61. The lowest BCUT2D eigenvalue weighted by Gasteiger charge is -2.18. The molecule has 1 atom stereocenters. The van der Waals surface area contributed by atoms with E-state index in [1.807, 2.05) is 38.1 Å². The van der Waals surface area contributed by atoms with Crippen molar-refractivity contribution in [1.29, 1.82) is 0 Å². The second kappa shape index (κ2) is 11.1. The van der Waals surface area contributed by atoms with Crippen molar-refractivity contribution in [2.24, 2.45) is 4.99 Å². The van der Waals surface area contributed by atoms with Gasteiger partial charge < -0.3 is 20.5 Å². The molecule has 0 amide bonds. The molecule has 0 aliphatic carbocycles. The second-order valence-corrected chi connectivity index (χ2v) is 6.05. The van der Waals surface area contributed by atoms with Crippen molar-refractivity contribution in [2.75, 3.05) is 13.7 Å². The highest BCUT2D eigenvalue weighted by Crippen LogP contribution is 2.23. The first kappa shape index (κ1) is 22.4. The molecule has 0 aromatic heterocycles. The van der Waals surface area contributed by atoms with Crippen molar-refractivity contribution in [3.63, 3.8) is 0 Å². The van der Waals surface area contributed by atoms with E-state index in [0.29, 0.717) is 28.8 Å². The maximum atomic E-state index is 9.98. The predicted molar refractivity (Wildman–Crippen MR) is 118 cm³/mol. The molecular weight excluding hydrogens is 465 g/mol. The van der Waals surface area contributed by atoms with Gasteiger partial charge in [-0.3, -0.25) is 0 Å². The Kier molecular flexibility index (Phi) is 9.58. The molecule has 0 aliphatic rings. The molecule has 1 unspecified atom stereocenters. The van der Waals surface area contributed by atoms with E-state index in [0.717, 1.165) is 12.1 Å². The van der Waals surface area contributed by atoms with Crippen LogP contribution in [0.15, 0.2) is 47.5 Å². The van der Waals surface area contributed by atoms with Gasteiger partial charge in [-0.1, -0.05) is 23.7 Å². The van der Waals surface area contributed by atoms with Crippen LogP contribution in [0.3, 0.4) is 0 Å². The lowest BCUT2D eigenvalue weighted by atomic mass is 10.1. The standard InChI is InChI=1S/C19H24ClN3O2.HI/c1-4-21-19(23-13(2)14-6-5-7-16(20)10-14)22-12-15-11-17(25-3)8-9-18(15)24;/h5-11,13,24H,4,12H2,1-3H3,(H2,21,22,23);1H. The summed E-state index contributed by atoms with van der Waals surface area (Å²) in [5.41, 5.74) is 1.77. The first-order chi connectivity index (χ1) is 12.0. The molecule has 3 N–H and O–H groups in total. The smallest absolute Gasteiger partial charge is 0.192 e. The molecular formula is C19H25ClIN3O2. The molecule has 0 radical (unpaired) electrons. The highest BCUT2D eigenvalue weighted by atomic mass is 127. The van der Waals surface area contributed by atoms with Gasteiger partial charge in [0.2, 0.25) is 0 Å². The van der Waals surface area contributed by atoms with Crippen LogP contribution in [-0.2, 0) is 6.54 Å². The van der Waals surface area contributed by atoms with Gasteiger partial charge in [0.05, 0.1) is 19.7 Å². The fourth-order valence-corrected chi connectivity index (χ4v) is 2.56. The van der Waals surface area contributed by atoms with Crippen molar-refractivity contribution in [1.82, 2.24) is 10.6 Å². The summed E-state index contributed by atoms with van der Waals surface area (Å²) in [5, 5.41) is 17.2. The van der Waals surface area contributed by atoms with Crippen LogP contribution in [0.2, 0.25) is 5.02 Å². The minimum Gasteiger partial charge on any atom is -0.508 e. The molecule has 0 heterocycles. The number of benzene rings is 2. The minimum atomic E-state index is 0. The summed E-state index contributed by atoms with van der Waals surface area (Å²) in [5.74, 6) is 1.55. The Morgan fingerprint density at radius 2 is 2.04 bits per heavy atom. The van der Waals surface area contributed by atoms with E-state index in [9.17, 15) is 5.11 Å². The number of phenols is 1. The highest BCUT2D eigenvalue weighted by molar-refractivity contribution is 14.0. The molecule has 0 spiro atoms. The maximum Gasteiger partial charge on any atom is 0.192 e. The number of rotatable bonds is 6. The summed E-state index contributed by atoms with van der Waals surface area (Å²) in [6.45, 7) is 5.12. The molecule has 0 fully saturated rings. The summed E-state index contributed by atoms with van der Waals surface area (Å²) in [7, 11) is 1.59. The Bertz CT molecular complexity index is 740. The zero-order valence-corrected chi connectivity index (χ0v) is 18.2. The van der Waals surface area contributed by atoms with Gasteiger partial charge in [-0.05, 0) is 49.7 Å². The molecule has 7 heteroatoms. The van der Waals surface area contributed by atoms with E-state index in [2.05, 4.69) is 15.6 Å². The zero-order valence-electron chi connectivity index (χ0n) is 15.1. The summed E-state index contributed by atoms with van der Waals surface area (Å²) < 4.78 is 5.19. The maximum absolute atomic E-state index is 9.98. The van der Waals surface area contributed by atoms with Crippen LogP contribution in [0.25, 0.3) is 0 Å². The van der Waals surface area contributed by atoms with Crippen molar-refractivity contribution in [2.45, 2.75) is 26.4 Å². The third-order valence-electron chi connectivity index (χ3n) is 3.74. The van der Waals surface area contributed by atoms with E-state index >= 15 is 0 Å². The van der Waals surface area contributed by atoms with Crippen LogP contribution in [0, 0.1) is 0 Å². The molecule has 0 saturated carbocycles. The third-order valence-corrected chi connectivity index (χ3v) is 3.98. The van der Waals surface area contributed by atoms with Crippen molar-refractivity contribution < 1.29 is 9.84 Å². The van der Waals surface area contributed by atoms with Gasteiger partial charge in [0.25, 0.3) is 0 Å². The van der Waals surface area contributed by atoms with E-state index in [1.54, 1.807) is 25.3 Å². The predicted octanol–water partition coefficient (Wildman–Crippen LogP) is 4.49. The van der Waals surface area contributed by atoms with E-state index in [4.69, 9.17) is 16.3 Å². The van der Waals surface area contributed by atoms with E-state index < -0.39 is 0 Å².